The number of thiocarbonyl (C=S) groups is 1. The maximum absolute atomic E-state index is 5.38. The second-order valence-electron chi connectivity index (χ2n) is 5.48. The lowest BCUT2D eigenvalue weighted by Gasteiger charge is -2.19. The van der Waals surface area contributed by atoms with Gasteiger partial charge in [-0.1, -0.05) is 18.9 Å². The van der Waals surface area contributed by atoms with Crippen molar-refractivity contribution in [3.05, 3.63) is 23.8 Å². The molecule has 1 saturated carbocycles. The number of nitrogens with one attached hydrogen (secondary N) is 2. The Kier molecular flexibility index (Phi) is 4.64. The zero-order chi connectivity index (χ0) is 13.8. The van der Waals surface area contributed by atoms with Gasteiger partial charge in [0.15, 0.2) is 5.11 Å². The van der Waals surface area contributed by atoms with E-state index in [4.69, 9.17) is 12.2 Å². The highest BCUT2D eigenvalue weighted by molar-refractivity contribution is 7.80. The summed E-state index contributed by atoms with van der Waals surface area (Å²) in [7, 11) is 4.11. The van der Waals surface area contributed by atoms with E-state index in [0.717, 1.165) is 10.8 Å². The first kappa shape index (κ1) is 14.1. The summed E-state index contributed by atoms with van der Waals surface area (Å²) in [6.45, 7) is 2.12. The third kappa shape index (κ3) is 3.83. The molecule has 0 heterocycles. The Morgan fingerprint density at radius 3 is 2.58 bits per heavy atom. The zero-order valence-electron chi connectivity index (χ0n) is 12.0. The fraction of sp³-hybridized carbons (Fsp3) is 0.533. The molecule has 1 aromatic rings. The SMILES string of the molecule is Cc1ccc(NC(=S)NC2CCCC2)cc1N(C)C. The van der Waals surface area contributed by atoms with E-state index < -0.39 is 0 Å². The van der Waals surface area contributed by atoms with Crippen LogP contribution in [0.25, 0.3) is 0 Å². The van der Waals surface area contributed by atoms with Gasteiger partial charge in [-0.25, -0.2) is 0 Å². The molecule has 2 rings (SSSR count). The molecule has 0 saturated heterocycles. The van der Waals surface area contributed by atoms with Gasteiger partial charge < -0.3 is 15.5 Å². The molecule has 0 spiro atoms. The Bertz CT molecular complexity index is 451. The molecule has 2 N–H and O–H groups in total. The van der Waals surface area contributed by atoms with E-state index in [0.29, 0.717) is 6.04 Å². The molecule has 1 aromatic carbocycles. The molecule has 104 valence electrons. The van der Waals surface area contributed by atoms with Gasteiger partial charge in [-0.05, 0) is 49.7 Å². The molecule has 0 amide bonds. The fourth-order valence-electron chi connectivity index (χ4n) is 2.59. The number of nitrogens with zero attached hydrogens (tertiary/aromatic N) is 1. The molecule has 0 radical (unpaired) electrons. The predicted octanol–water partition coefficient (Wildman–Crippen LogP) is 3.29. The van der Waals surface area contributed by atoms with Crippen molar-refractivity contribution in [2.75, 3.05) is 24.3 Å². The number of hydrogen-bond acceptors (Lipinski definition) is 2. The van der Waals surface area contributed by atoms with Crippen molar-refractivity contribution in [1.82, 2.24) is 5.32 Å². The van der Waals surface area contributed by atoms with Gasteiger partial charge in [-0.15, -0.1) is 0 Å². The summed E-state index contributed by atoms with van der Waals surface area (Å²) < 4.78 is 0. The van der Waals surface area contributed by atoms with Crippen molar-refractivity contribution in [2.24, 2.45) is 0 Å². The molecule has 0 atom stereocenters. The molecule has 1 aliphatic rings. The Morgan fingerprint density at radius 1 is 1.26 bits per heavy atom. The van der Waals surface area contributed by atoms with Gasteiger partial charge in [0, 0.05) is 31.5 Å². The number of aryl methyl sites for hydroxylation is 1. The van der Waals surface area contributed by atoms with Gasteiger partial charge in [0.1, 0.15) is 0 Å². The van der Waals surface area contributed by atoms with Gasteiger partial charge in [-0.2, -0.15) is 0 Å². The highest BCUT2D eigenvalue weighted by atomic mass is 32.1. The first-order chi connectivity index (χ1) is 9.06. The van der Waals surface area contributed by atoms with Crippen molar-refractivity contribution < 1.29 is 0 Å². The lowest BCUT2D eigenvalue weighted by molar-refractivity contribution is 0.634. The Balaban J connectivity index is 1.98. The predicted molar refractivity (Wildman–Crippen MR) is 87.1 cm³/mol. The summed E-state index contributed by atoms with van der Waals surface area (Å²) in [4.78, 5) is 2.12. The fourth-order valence-corrected chi connectivity index (χ4v) is 2.88. The van der Waals surface area contributed by atoms with Gasteiger partial charge in [-0.3, -0.25) is 0 Å². The van der Waals surface area contributed by atoms with E-state index in [9.17, 15) is 0 Å². The second kappa shape index (κ2) is 6.24. The van der Waals surface area contributed by atoms with E-state index in [2.05, 4.69) is 54.8 Å². The maximum Gasteiger partial charge on any atom is 0.170 e. The van der Waals surface area contributed by atoms with Crippen molar-refractivity contribution in [3.8, 4) is 0 Å². The van der Waals surface area contributed by atoms with Crippen LogP contribution in [0.3, 0.4) is 0 Å². The van der Waals surface area contributed by atoms with E-state index in [-0.39, 0.29) is 0 Å². The molecule has 4 heteroatoms. The number of hydrogen-bond donors (Lipinski definition) is 2. The molecule has 1 fully saturated rings. The van der Waals surface area contributed by atoms with Crippen molar-refractivity contribution in [1.29, 1.82) is 0 Å². The van der Waals surface area contributed by atoms with Crippen molar-refractivity contribution in [2.45, 2.75) is 38.6 Å². The second-order valence-corrected chi connectivity index (χ2v) is 5.88. The van der Waals surface area contributed by atoms with Crippen LogP contribution >= 0.6 is 12.2 Å². The van der Waals surface area contributed by atoms with Gasteiger partial charge in [0.2, 0.25) is 0 Å². The third-order valence-electron chi connectivity index (χ3n) is 3.64. The number of anilines is 2. The summed E-state index contributed by atoms with van der Waals surface area (Å²) >= 11 is 5.38. The first-order valence-electron chi connectivity index (χ1n) is 6.92. The lowest BCUT2D eigenvalue weighted by atomic mass is 10.1. The van der Waals surface area contributed by atoms with Crippen LogP contribution < -0.4 is 15.5 Å². The van der Waals surface area contributed by atoms with Crippen LogP contribution in [0.2, 0.25) is 0 Å². The molecule has 0 bridgehead atoms. The smallest absolute Gasteiger partial charge is 0.170 e. The number of rotatable bonds is 3. The topological polar surface area (TPSA) is 27.3 Å². The average Bonchev–Trinajstić information content (AvgIpc) is 2.84. The Hall–Kier alpha value is -1.29. The molecular weight excluding hydrogens is 254 g/mol. The van der Waals surface area contributed by atoms with E-state index in [1.165, 1.54) is 36.9 Å². The molecule has 1 aliphatic carbocycles. The zero-order valence-corrected chi connectivity index (χ0v) is 12.8. The van der Waals surface area contributed by atoms with Crippen LogP contribution in [-0.4, -0.2) is 25.2 Å². The van der Waals surface area contributed by atoms with E-state index >= 15 is 0 Å². The highest BCUT2D eigenvalue weighted by Crippen LogP contribution is 2.23. The molecule has 0 unspecified atom stereocenters. The molecule has 0 aliphatic heterocycles. The van der Waals surface area contributed by atoms with Crippen LogP contribution in [0.1, 0.15) is 31.2 Å². The quantitative estimate of drug-likeness (QED) is 0.829. The van der Waals surface area contributed by atoms with E-state index in [1.54, 1.807) is 0 Å². The first-order valence-corrected chi connectivity index (χ1v) is 7.32. The summed E-state index contributed by atoms with van der Waals surface area (Å²) in [5.41, 5.74) is 3.53. The largest absolute Gasteiger partial charge is 0.377 e. The molecule has 0 aromatic heterocycles. The summed E-state index contributed by atoms with van der Waals surface area (Å²) in [6.07, 6.45) is 5.10. The maximum atomic E-state index is 5.38. The highest BCUT2D eigenvalue weighted by Gasteiger charge is 2.15. The standard InChI is InChI=1S/C15H23N3S/c1-11-8-9-13(10-14(11)18(2)3)17-15(19)16-12-6-4-5-7-12/h8-10,12H,4-7H2,1-3H3,(H2,16,17,19). The van der Waals surface area contributed by atoms with Crippen molar-refractivity contribution >= 4 is 28.7 Å². The van der Waals surface area contributed by atoms with Gasteiger partial charge in [0.25, 0.3) is 0 Å². The van der Waals surface area contributed by atoms with Crippen LogP contribution in [0.4, 0.5) is 11.4 Å². The van der Waals surface area contributed by atoms with Crippen LogP contribution in [0, 0.1) is 6.92 Å². The minimum Gasteiger partial charge on any atom is -0.377 e. The normalized spacial score (nSPS) is 15.3. The Labute approximate surface area is 121 Å². The van der Waals surface area contributed by atoms with Crippen molar-refractivity contribution in [3.63, 3.8) is 0 Å². The average molecular weight is 277 g/mol. The monoisotopic (exact) mass is 277 g/mol. The van der Waals surface area contributed by atoms with Gasteiger partial charge in [0.05, 0.1) is 0 Å². The summed E-state index contributed by atoms with van der Waals surface area (Å²) in [5, 5.41) is 7.42. The molecule has 3 nitrogen and oxygen atoms in total. The van der Waals surface area contributed by atoms with Crippen LogP contribution in [0.15, 0.2) is 18.2 Å². The van der Waals surface area contributed by atoms with Gasteiger partial charge >= 0.3 is 0 Å². The van der Waals surface area contributed by atoms with Crippen LogP contribution in [-0.2, 0) is 0 Å². The molecule has 19 heavy (non-hydrogen) atoms. The van der Waals surface area contributed by atoms with Crippen LogP contribution in [0.5, 0.6) is 0 Å². The minimum absolute atomic E-state index is 0.554. The minimum atomic E-state index is 0.554. The lowest BCUT2D eigenvalue weighted by Crippen LogP contribution is -2.35. The third-order valence-corrected chi connectivity index (χ3v) is 3.86. The summed E-state index contributed by atoms with van der Waals surface area (Å²) in [6, 6.07) is 6.89. The molecular formula is C15H23N3S. The van der Waals surface area contributed by atoms with E-state index in [1.807, 2.05) is 0 Å². The Morgan fingerprint density at radius 2 is 1.95 bits per heavy atom. The summed E-state index contributed by atoms with van der Waals surface area (Å²) in [5.74, 6) is 0. The number of benzene rings is 1.